The number of carbonyl (C=O) groups excluding carboxylic acids is 5. The molecule has 240 valence electrons. The first-order valence-electron chi connectivity index (χ1n) is 14.9. The highest BCUT2D eigenvalue weighted by Crippen LogP contribution is 2.26. The normalized spacial score (nSPS) is 15.8. The minimum Gasteiger partial charge on any atom is -0.496 e. The summed E-state index contributed by atoms with van der Waals surface area (Å²) in [5.74, 6) is -3.44. The number of fused-ring (bicyclic) bond motifs is 1. The van der Waals surface area contributed by atoms with E-state index >= 15 is 0 Å². The molecule has 1 saturated heterocycles. The number of Topliss-reactive ketones (excluding diaryl/α,β-unsaturated/α-hetero) is 1. The van der Waals surface area contributed by atoms with Crippen molar-refractivity contribution in [2.75, 3.05) is 20.3 Å². The van der Waals surface area contributed by atoms with Gasteiger partial charge in [0, 0.05) is 23.4 Å². The van der Waals surface area contributed by atoms with E-state index in [0.717, 1.165) is 0 Å². The number of benzene rings is 2. The van der Waals surface area contributed by atoms with Crippen molar-refractivity contribution in [1.29, 1.82) is 0 Å². The van der Waals surface area contributed by atoms with Crippen molar-refractivity contribution in [3.05, 3.63) is 64.6 Å². The van der Waals surface area contributed by atoms with Gasteiger partial charge in [-0.05, 0) is 74.4 Å². The van der Waals surface area contributed by atoms with Gasteiger partial charge in [-0.15, -0.1) is 0 Å². The highest BCUT2D eigenvalue weighted by atomic mass is 19.1. The van der Waals surface area contributed by atoms with E-state index < -0.39 is 54.0 Å². The third kappa shape index (κ3) is 7.86. The molecule has 3 aromatic rings. The Bertz CT molecular complexity index is 1620. The lowest BCUT2D eigenvalue weighted by Crippen LogP contribution is -2.53. The van der Waals surface area contributed by atoms with Crippen LogP contribution in [0.25, 0.3) is 10.9 Å². The standard InChI is InChI=1S/C33H39FN4O7/c1-17(2)13-25(38-32(42)26-15-21-23(36-26)7-6-8-28(21)44-5)31(41)37-24(14-20-11-12-35-30(20)40)27(39)16-45-33(43)29-18(3)9-10-22(34)19(29)4/h6-10,15,17,20,24-25,36H,11-14,16H2,1-5H3,(H,35,40)(H,37,41)(H,38,42)/t20-,24-,25-/m0/s1. The first kappa shape index (κ1) is 33.2. The summed E-state index contributed by atoms with van der Waals surface area (Å²) in [4.78, 5) is 68.5. The average Bonchev–Trinajstić information content (AvgIpc) is 3.62. The number of halogens is 1. The maximum Gasteiger partial charge on any atom is 0.339 e. The molecule has 0 spiro atoms. The van der Waals surface area contributed by atoms with Crippen LogP contribution in [-0.2, 0) is 19.1 Å². The lowest BCUT2D eigenvalue weighted by atomic mass is 9.95. The Balaban J connectivity index is 1.51. The van der Waals surface area contributed by atoms with Gasteiger partial charge in [-0.25, -0.2) is 9.18 Å². The number of rotatable bonds is 13. The van der Waals surface area contributed by atoms with Crippen LogP contribution in [0.2, 0.25) is 0 Å². The summed E-state index contributed by atoms with van der Waals surface area (Å²) in [6, 6.07) is 7.47. The van der Waals surface area contributed by atoms with Crippen molar-refractivity contribution < 1.29 is 37.8 Å². The number of amides is 3. The molecule has 1 aliphatic heterocycles. The Morgan fingerprint density at radius 2 is 1.82 bits per heavy atom. The molecule has 1 fully saturated rings. The van der Waals surface area contributed by atoms with Gasteiger partial charge < -0.3 is 30.4 Å². The Morgan fingerprint density at radius 1 is 1.07 bits per heavy atom. The van der Waals surface area contributed by atoms with E-state index in [4.69, 9.17) is 9.47 Å². The van der Waals surface area contributed by atoms with Crippen LogP contribution in [0, 0.1) is 31.5 Å². The van der Waals surface area contributed by atoms with Crippen LogP contribution in [0.5, 0.6) is 5.75 Å². The van der Waals surface area contributed by atoms with Gasteiger partial charge in [0.1, 0.15) is 23.3 Å². The van der Waals surface area contributed by atoms with Gasteiger partial charge in [0.05, 0.1) is 18.7 Å². The molecule has 4 rings (SSSR count). The molecule has 45 heavy (non-hydrogen) atoms. The number of aromatic amines is 1. The number of nitrogens with one attached hydrogen (secondary N) is 4. The van der Waals surface area contributed by atoms with Crippen molar-refractivity contribution in [1.82, 2.24) is 20.9 Å². The maximum absolute atomic E-state index is 14.1. The highest BCUT2D eigenvalue weighted by Gasteiger charge is 2.34. The van der Waals surface area contributed by atoms with Crippen LogP contribution < -0.4 is 20.7 Å². The van der Waals surface area contributed by atoms with Crippen LogP contribution in [-0.4, -0.2) is 66.8 Å². The van der Waals surface area contributed by atoms with Crippen LogP contribution in [0.3, 0.4) is 0 Å². The van der Waals surface area contributed by atoms with Gasteiger partial charge in [0.25, 0.3) is 5.91 Å². The maximum atomic E-state index is 14.1. The predicted molar refractivity (Wildman–Crippen MR) is 164 cm³/mol. The molecule has 12 heteroatoms. The summed E-state index contributed by atoms with van der Waals surface area (Å²) in [7, 11) is 1.53. The second-order valence-electron chi connectivity index (χ2n) is 11.7. The summed E-state index contributed by atoms with van der Waals surface area (Å²) >= 11 is 0. The fourth-order valence-electron chi connectivity index (χ4n) is 5.51. The molecule has 0 aliphatic carbocycles. The van der Waals surface area contributed by atoms with Gasteiger partial charge in [-0.3, -0.25) is 19.2 Å². The molecule has 4 N–H and O–H groups in total. The second kappa shape index (κ2) is 14.4. The van der Waals surface area contributed by atoms with Crippen LogP contribution in [0.1, 0.15) is 65.1 Å². The van der Waals surface area contributed by atoms with Gasteiger partial charge in [-0.1, -0.05) is 26.0 Å². The molecule has 2 heterocycles. The number of aromatic nitrogens is 1. The molecule has 1 aromatic heterocycles. The molecule has 3 amide bonds. The third-order valence-electron chi connectivity index (χ3n) is 7.96. The summed E-state index contributed by atoms with van der Waals surface area (Å²) < 4.78 is 24.7. The molecule has 11 nitrogen and oxygen atoms in total. The summed E-state index contributed by atoms with van der Waals surface area (Å²) in [6.45, 7) is 6.58. The predicted octanol–water partition coefficient (Wildman–Crippen LogP) is 3.51. The van der Waals surface area contributed by atoms with Crippen molar-refractivity contribution in [3.63, 3.8) is 0 Å². The topological polar surface area (TPSA) is 156 Å². The first-order chi connectivity index (χ1) is 21.4. The number of esters is 1. The van der Waals surface area contributed by atoms with Crippen molar-refractivity contribution in [2.24, 2.45) is 11.8 Å². The van der Waals surface area contributed by atoms with Gasteiger partial charge in [0.2, 0.25) is 11.8 Å². The largest absolute Gasteiger partial charge is 0.496 e. The monoisotopic (exact) mass is 622 g/mol. The summed E-state index contributed by atoms with van der Waals surface area (Å²) in [5.41, 5.74) is 1.51. The zero-order valence-corrected chi connectivity index (χ0v) is 26.0. The van der Waals surface area contributed by atoms with Crippen molar-refractivity contribution in [3.8, 4) is 5.75 Å². The lowest BCUT2D eigenvalue weighted by molar-refractivity contribution is -0.131. The van der Waals surface area contributed by atoms with E-state index in [2.05, 4.69) is 20.9 Å². The Kier molecular flexibility index (Phi) is 10.6. The number of hydrogen-bond acceptors (Lipinski definition) is 7. The average molecular weight is 623 g/mol. The SMILES string of the molecule is COc1cccc2[nH]c(C(=O)N[C@@H](CC(C)C)C(=O)N[C@@H](C[C@@H]3CCNC3=O)C(=O)COC(=O)c3c(C)ccc(F)c3C)cc12. The van der Waals surface area contributed by atoms with Gasteiger partial charge >= 0.3 is 5.97 Å². The van der Waals surface area contributed by atoms with Crippen LogP contribution in [0.4, 0.5) is 4.39 Å². The van der Waals surface area contributed by atoms with E-state index in [0.29, 0.717) is 35.2 Å². The first-order valence-corrected chi connectivity index (χ1v) is 14.9. The van der Waals surface area contributed by atoms with E-state index in [9.17, 15) is 28.4 Å². The Labute approximate surface area is 260 Å². The zero-order valence-electron chi connectivity index (χ0n) is 26.0. The minimum atomic E-state index is -1.18. The quantitative estimate of drug-likeness (QED) is 0.213. The smallest absolute Gasteiger partial charge is 0.339 e. The molecule has 1 aliphatic rings. The van der Waals surface area contributed by atoms with Gasteiger partial charge in [-0.2, -0.15) is 0 Å². The van der Waals surface area contributed by atoms with Crippen molar-refractivity contribution >= 4 is 40.4 Å². The number of carbonyl (C=O) groups is 5. The number of ketones is 1. The zero-order chi connectivity index (χ0) is 32.8. The third-order valence-corrected chi connectivity index (χ3v) is 7.96. The van der Waals surface area contributed by atoms with Crippen LogP contribution >= 0.6 is 0 Å². The Hall–Kier alpha value is -4.74. The molecule has 3 atom stereocenters. The van der Waals surface area contributed by atoms with E-state index in [-0.39, 0.29) is 41.5 Å². The summed E-state index contributed by atoms with van der Waals surface area (Å²) in [5, 5.41) is 8.88. The lowest BCUT2D eigenvalue weighted by Gasteiger charge is -2.25. The van der Waals surface area contributed by atoms with Crippen molar-refractivity contribution in [2.45, 2.75) is 59.0 Å². The fraction of sp³-hybridized carbons (Fsp3) is 0.424. The molecule has 0 bridgehead atoms. The molecule has 0 radical (unpaired) electrons. The Morgan fingerprint density at radius 3 is 2.49 bits per heavy atom. The van der Waals surface area contributed by atoms with E-state index in [1.165, 1.54) is 26.2 Å². The number of methoxy groups -OCH3 is 1. The van der Waals surface area contributed by atoms with E-state index in [1.807, 2.05) is 13.8 Å². The van der Waals surface area contributed by atoms with Gasteiger partial charge in [0.15, 0.2) is 12.4 Å². The number of H-pyrrole nitrogens is 1. The molecule has 0 unspecified atom stereocenters. The molecule has 0 saturated carbocycles. The highest BCUT2D eigenvalue weighted by molar-refractivity contribution is 6.02. The molecular weight excluding hydrogens is 583 g/mol. The molecule has 2 aromatic carbocycles. The summed E-state index contributed by atoms with van der Waals surface area (Å²) in [6.07, 6.45) is 0.713. The number of ether oxygens (including phenoxy) is 2. The van der Waals surface area contributed by atoms with Crippen LogP contribution in [0.15, 0.2) is 36.4 Å². The second-order valence-corrected chi connectivity index (χ2v) is 11.7. The van der Waals surface area contributed by atoms with E-state index in [1.54, 1.807) is 31.2 Å². The minimum absolute atomic E-state index is 0.00248. The molecular formula is C33H39FN4O7. The fourth-order valence-corrected chi connectivity index (χ4v) is 5.51. The number of hydrogen-bond donors (Lipinski definition) is 4. The number of aryl methyl sites for hydroxylation is 1.